The summed E-state index contributed by atoms with van der Waals surface area (Å²) in [7, 11) is 0. The van der Waals surface area contributed by atoms with Crippen LogP contribution in [-0.4, -0.2) is 19.3 Å². The SMILES string of the molecule is CCOCC(C)Oc1ccc(Oc2ccc(C(F)(F)F)cc2Cl)cc1. The van der Waals surface area contributed by atoms with Crippen molar-refractivity contribution in [2.75, 3.05) is 13.2 Å². The first kappa shape index (κ1) is 19.4. The second kappa shape index (κ2) is 8.45. The molecule has 0 aliphatic heterocycles. The zero-order valence-electron chi connectivity index (χ0n) is 13.8. The molecule has 7 heteroatoms. The molecule has 0 fully saturated rings. The highest BCUT2D eigenvalue weighted by Gasteiger charge is 2.31. The Balaban J connectivity index is 2.01. The lowest BCUT2D eigenvalue weighted by Gasteiger charge is -2.15. The summed E-state index contributed by atoms with van der Waals surface area (Å²) >= 11 is 5.87. The van der Waals surface area contributed by atoms with E-state index in [-0.39, 0.29) is 16.9 Å². The summed E-state index contributed by atoms with van der Waals surface area (Å²) in [4.78, 5) is 0. The predicted octanol–water partition coefficient (Wildman–Crippen LogP) is 5.95. The summed E-state index contributed by atoms with van der Waals surface area (Å²) < 4.78 is 54.4. The normalized spacial score (nSPS) is 12.7. The number of benzene rings is 2. The Labute approximate surface area is 149 Å². The summed E-state index contributed by atoms with van der Waals surface area (Å²) in [5, 5.41) is -0.111. The van der Waals surface area contributed by atoms with Crippen LogP contribution in [0.3, 0.4) is 0 Å². The van der Waals surface area contributed by atoms with E-state index in [4.69, 9.17) is 25.8 Å². The van der Waals surface area contributed by atoms with Gasteiger partial charge in [0.25, 0.3) is 0 Å². The van der Waals surface area contributed by atoms with Crippen LogP contribution < -0.4 is 9.47 Å². The van der Waals surface area contributed by atoms with Gasteiger partial charge in [-0.3, -0.25) is 0 Å². The third-order valence-electron chi connectivity index (χ3n) is 3.20. The van der Waals surface area contributed by atoms with E-state index in [0.717, 1.165) is 12.1 Å². The fraction of sp³-hybridized carbons (Fsp3) is 0.333. The number of hydrogen-bond acceptors (Lipinski definition) is 3. The van der Waals surface area contributed by atoms with Crippen LogP contribution in [0.25, 0.3) is 0 Å². The summed E-state index contributed by atoms with van der Waals surface area (Å²) in [5.74, 6) is 1.22. The summed E-state index contributed by atoms with van der Waals surface area (Å²) in [5.41, 5.74) is -0.822. The van der Waals surface area contributed by atoms with E-state index < -0.39 is 11.7 Å². The minimum atomic E-state index is -4.45. The average molecular weight is 375 g/mol. The van der Waals surface area contributed by atoms with Crippen LogP contribution in [0.2, 0.25) is 5.02 Å². The van der Waals surface area contributed by atoms with Crippen molar-refractivity contribution in [3.63, 3.8) is 0 Å². The van der Waals surface area contributed by atoms with Crippen molar-refractivity contribution >= 4 is 11.6 Å². The Morgan fingerprint density at radius 1 is 1.04 bits per heavy atom. The summed E-state index contributed by atoms with van der Waals surface area (Å²) in [6.45, 7) is 4.90. The zero-order chi connectivity index (χ0) is 18.4. The quantitative estimate of drug-likeness (QED) is 0.599. The number of ether oxygens (including phenoxy) is 3. The second-order valence-corrected chi connectivity index (χ2v) is 5.71. The molecule has 1 atom stereocenters. The Kier molecular flexibility index (Phi) is 6.56. The smallest absolute Gasteiger partial charge is 0.416 e. The van der Waals surface area contributed by atoms with E-state index >= 15 is 0 Å². The molecule has 0 radical (unpaired) electrons. The van der Waals surface area contributed by atoms with Gasteiger partial charge >= 0.3 is 6.18 Å². The first-order valence-electron chi connectivity index (χ1n) is 7.68. The number of rotatable bonds is 7. The van der Waals surface area contributed by atoms with Gasteiger partial charge in [0.2, 0.25) is 0 Å². The first-order chi connectivity index (χ1) is 11.8. The van der Waals surface area contributed by atoms with Crippen LogP contribution in [0.4, 0.5) is 13.2 Å². The van der Waals surface area contributed by atoms with E-state index in [1.807, 2.05) is 13.8 Å². The standard InChI is InChI=1S/C18H18ClF3O3/c1-3-23-11-12(2)24-14-5-7-15(8-6-14)25-17-9-4-13(10-16(17)19)18(20,21)22/h4-10,12H,3,11H2,1-2H3. The van der Waals surface area contributed by atoms with E-state index in [1.54, 1.807) is 24.3 Å². The van der Waals surface area contributed by atoms with Crippen LogP contribution in [0.5, 0.6) is 17.2 Å². The molecule has 0 aliphatic carbocycles. The lowest BCUT2D eigenvalue weighted by atomic mass is 10.2. The lowest BCUT2D eigenvalue weighted by molar-refractivity contribution is -0.137. The first-order valence-corrected chi connectivity index (χ1v) is 8.06. The van der Waals surface area contributed by atoms with Crippen LogP contribution >= 0.6 is 11.6 Å². The van der Waals surface area contributed by atoms with Gasteiger partial charge in [0, 0.05) is 6.61 Å². The van der Waals surface area contributed by atoms with Crippen molar-refractivity contribution < 1.29 is 27.4 Å². The van der Waals surface area contributed by atoms with Crippen molar-refractivity contribution in [2.24, 2.45) is 0 Å². The highest BCUT2D eigenvalue weighted by Crippen LogP contribution is 2.36. The van der Waals surface area contributed by atoms with E-state index in [2.05, 4.69) is 0 Å². The van der Waals surface area contributed by atoms with E-state index in [0.29, 0.717) is 24.7 Å². The molecule has 0 amide bonds. The average Bonchev–Trinajstić information content (AvgIpc) is 2.55. The molecule has 0 saturated heterocycles. The van der Waals surface area contributed by atoms with E-state index in [9.17, 15) is 13.2 Å². The largest absolute Gasteiger partial charge is 0.488 e. The fourth-order valence-corrected chi connectivity index (χ4v) is 2.24. The molecule has 0 spiro atoms. The van der Waals surface area contributed by atoms with Crippen LogP contribution in [0.15, 0.2) is 42.5 Å². The van der Waals surface area contributed by atoms with Gasteiger partial charge in [-0.15, -0.1) is 0 Å². The molecule has 2 aromatic rings. The molecule has 0 N–H and O–H groups in total. The minimum absolute atomic E-state index is 0.101. The second-order valence-electron chi connectivity index (χ2n) is 5.30. The van der Waals surface area contributed by atoms with Crippen molar-refractivity contribution in [2.45, 2.75) is 26.1 Å². The minimum Gasteiger partial charge on any atom is -0.488 e. The topological polar surface area (TPSA) is 27.7 Å². The Hall–Kier alpha value is -1.92. The molecule has 0 aliphatic rings. The molecule has 2 rings (SSSR count). The molecule has 0 saturated carbocycles. The number of hydrogen-bond donors (Lipinski definition) is 0. The highest BCUT2D eigenvalue weighted by atomic mass is 35.5. The van der Waals surface area contributed by atoms with Crippen LogP contribution in [-0.2, 0) is 10.9 Å². The third-order valence-corrected chi connectivity index (χ3v) is 3.50. The van der Waals surface area contributed by atoms with Gasteiger partial charge in [-0.25, -0.2) is 0 Å². The zero-order valence-corrected chi connectivity index (χ0v) is 14.5. The predicted molar refractivity (Wildman–Crippen MR) is 89.6 cm³/mol. The van der Waals surface area contributed by atoms with Gasteiger partial charge in [0.15, 0.2) is 0 Å². The van der Waals surface area contributed by atoms with Gasteiger partial charge in [-0.05, 0) is 56.3 Å². The van der Waals surface area contributed by atoms with Gasteiger partial charge in [-0.2, -0.15) is 13.2 Å². The van der Waals surface area contributed by atoms with Crippen LogP contribution in [0, 0.1) is 0 Å². The molecule has 0 aromatic heterocycles. The van der Waals surface area contributed by atoms with Crippen molar-refractivity contribution in [3.05, 3.63) is 53.1 Å². The Bertz CT molecular complexity index is 687. The van der Waals surface area contributed by atoms with E-state index in [1.165, 1.54) is 6.07 Å². The highest BCUT2D eigenvalue weighted by molar-refractivity contribution is 6.32. The van der Waals surface area contributed by atoms with Crippen molar-refractivity contribution in [1.29, 1.82) is 0 Å². The third kappa shape index (κ3) is 5.83. The molecule has 0 bridgehead atoms. The Morgan fingerprint density at radius 3 is 2.24 bits per heavy atom. The van der Waals surface area contributed by atoms with Crippen molar-refractivity contribution in [1.82, 2.24) is 0 Å². The number of halogens is 4. The summed E-state index contributed by atoms with van der Waals surface area (Å²) in [6.07, 6.45) is -4.55. The maximum atomic E-state index is 12.6. The molecule has 3 nitrogen and oxygen atoms in total. The Morgan fingerprint density at radius 2 is 1.68 bits per heavy atom. The molecule has 136 valence electrons. The van der Waals surface area contributed by atoms with Crippen molar-refractivity contribution in [3.8, 4) is 17.2 Å². The van der Waals surface area contributed by atoms with Gasteiger partial charge < -0.3 is 14.2 Å². The molecule has 2 aromatic carbocycles. The van der Waals surface area contributed by atoms with Gasteiger partial charge in [0.1, 0.15) is 23.4 Å². The molecule has 0 heterocycles. The maximum absolute atomic E-state index is 12.6. The molecule has 1 unspecified atom stereocenters. The van der Waals surface area contributed by atoms with Crippen LogP contribution in [0.1, 0.15) is 19.4 Å². The fourth-order valence-electron chi connectivity index (χ4n) is 2.02. The molecular weight excluding hydrogens is 357 g/mol. The molecular formula is C18H18ClF3O3. The summed E-state index contributed by atoms with van der Waals surface area (Å²) in [6, 6.07) is 9.66. The maximum Gasteiger partial charge on any atom is 0.416 e. The van der Waals surface area contributed by atoms with Gasteiger partial charge in [-0.1, -0.05) is 11.6 Å². The molecule has 25 heavy (non-hydrogen) atoms. The number of alkyl halides is 3. The monoisotopic (exact) mass is 374 g/mol. The lowest BCUT2D eigenvalue weighted by Crippen LogP contribution is -2.18. The van der Waals surface area contributed by atoms with Gasteiger partial charge in [0.05, 0.1) is 17.2 Å².